The molecule has 0 saturated carbocycles. The second kappa shape index (κ2) is 6.02. The summed E-state index contributed by atoms with van der Waals surface area (Å²) in [5.41, 5.74) is -0.894. The monoisotopic (exact) mass is 345 g/mol. The quantitative estimate of drug-likeness (QED) is 0.816. The first-order valence-corrected chi connectivity index (χ1v) is 6.78. The number of alkyl halides is 3. The van der Waals surface area contributed by atoms with E-state index in [2.05, 4.69) is 15.4 Å². The SMILES string of the molecule is CC1(C)NC(=O)N(CC(=O)Nc2ccc(OC(F)(F)F)cc2)C1=O. The maximum atomic E-state index is 12.0. The summed E-state index contributed by atoms with van der Waals surface area (Å²) in [5.74, 6) is -1.64. The minimum absolute atomic E-state index is 0.195. The minimum Gasteiger partial charge on any atom is -0.406 e. The molecule has 0 spiro atoms. The van der Waals surface area contributed by atoms with Crippen molar-refractivity contribution in [2.45, 2.75) is 25.7 Å². The van der Waals surface area contributed by atoms with Gasteiger partial charge in [0.05, 0.1) is 0 Å². The largest absolute Gasteiger partial charge is 0.573 e. The van der Waals surface area contributed by atoms with Crippen LogP contribution in [-0.2, 0) is 9.59 Å². The van der Waals surface area contributed by atoms with Gasteiger partial charge in [0.1, 0.15) is 17.8 Å². The van der Waals surface area contributed by atoms with Crippen LogP contribution in [0.15, 0.2) is 24.3 Å². The van der Waals surface area contributed by atoms with Crippen molar-refractivity contribution >= 4 is 23.5 Å². The maximum absolute atomic E-state index is 12.0. The zero-order chi connectivity index (χ0) is 18.1. The van der Waals surface area contributed by atoms with Gasteiger partial charge in [-0.3, -0.25) is 14.5 Å². The smallest absolute Gasteiger partial charge is 0.406 e. The molecule has 1 aromatic rings. The van der Waals surface area contributed by atoms with E-state index in [1.165, 1.54) is 26.0 Å². The normalized spacial score (nSPS) is 16.8. The zero-order valence-electron chi connectivity index (χ0n) is 12.7. The van der Waals surface area contributed by atoms with Crippen molar-refractivity contribution in [1.29, 1.82) is 0 Å². The number of halogens is 3. The van der Waals surface area contributed by atoms with Crippen LogP contribution < -0.4 is 15.4 Å². The van der Waals surface area contributed by atoms with E-state index in [9.17, 15) is 27.6 Å². The number of amides is 4. The number of ether oxygens (including phenoxy) is 1. The summed E-state index contributed by atoms with van der Waals surface area (Å²) in [6.07, 6.45) is -4.80. The second-order valence-corrected chi connectivity index (χ2v) is 5.57. The van der Waals surface area contributed by atoms with Crippen molar-refractivity contribution < 1.29 is 32.3 Å². The number of anilines is 1. The van der Waals surface area contributed by atoms with Crippen molar-refractivity contribution in [2.75, 3.05) is 11.9 Å². The summed E-state index contributed by atoms with van der Waals surface area (Å²) in [6.45, 7) is 2.50. The number of hydrogen-bond acceptors (Lipinski definition) is 4. The van der Waals surface area contributed by atoms with Gasteiger partial charge in [0.15, 0.2) is 0 Å². The van der Waals surface area contributed by atoms with E-state index in [1.54, 1.807) is 0 Å². The van der Waals surface area contributed by atoms with Gasteiger partial charge in [-0.2, -0.15) is 0 Å². The summed E-state index contributed by atoms with van der Waals surface area (Å²) in [4.78, 5) is 36.2. The maximum Gasteiger partial charge on any atom is 0.573 e. The number of nitrogens with one attached hydrogen (secondary N) is 2. The lowest BCUT2D eigenvalue weighted by Crippen LogP contribution is -2.41. The summed E-state index contributed by atoms with van der Waals surface area (Å²) < 4.78 is 39.8. The molecule has 1 aliphatic rings. The highest BCUT2D eigenvalue weighted by atomic mass is 19.4. The van der Waals surface area contributed by atoms with E-state index in [4.69, 9.17) is 0 Å². The van der Waals surface area contributed by atoms with Crippen LogP contribution in [0.1, 0.15) is 13.8 Å². The highest BCUT2D eigenvalue weighted by Gasteiger charge is 2.44. The summed E-state index contributed by atoms with van der Waals surface area (Å²) in [7, 11) is 0. The Bertz CT molecular complexity index is 671. The van der Waals surface area contributed by atoms with Gasteiger partial charge in [-0.25, -0.2) is 4.79 Å². The van der Waals surface area contributed by atoms with Crippen LogP contribution in [0.2, 0.25) is 0 Å². The van der Waals surface area contributed by atoms with Crippen LogP contribution in [0, 0.1) is 0 Å². The second-order valence-electron chi connectivity index (χ2n) is 5.57. The first-order valence-electron chi connectivity index (χ1n) is 6.78. The lowest BCUT2D eigenvalue weighted by Gasteiger charge is -2.15. The molecule has 0 bridgehead atoms. The standard InChI is InChI=1S/C14H14F3N3O4/c1-13(2)11(22)20(12(23)19-13)7-10(21)18-8-3-5-9(6-4-8)24-14(15,16)17/h3-6H,7H2,1-2H3,(H,18,21)(H,19,23). The number of nitrogens with zero attached hydrogens (tertiary/aromatic N) is 1. The first kappa shape index (κ1) is 17.6. The van der Waals surface area contributed by atoms with Gasteiger partial charge >= 0.3 is 12.4 Å². The van der Waals surface area contributed by atoms with Crippen LogP contribution in [0.25, 0.3) is 0 Å². The van der Waals surface area contributed by atoms with Crippen LogP contribution in [0.4, 0.5) is 23.7 Å². The summed E-state index contributed by atoms with van der Waals surface area (Å²) in [5, 5.41) is 4.80. The molecule has 1 saturated heterocycles. The minimum atomic E-state index is -4.80. The number of imide groups is 1. The molecule has 7 nitrogen and oxygen atoms in total. The Morgan fingerprint density at radius 2 is 1.83 bits per heavy atom. The van der Waals surface area contributed by atoms with Gasteiger partial charge in [-0.05, 0) is 38.1 Å². The van der Waals surface area contributed by atoms with Gasteiger partial charge in [0.25, 0.3) is 5.91 Å². The number of carbonyl (C=O) groups excluding carboxylic acids is 3. The molecule has 0 aliphatic carbocycles. The molecule has 0 radical (unpaired) electrons. The van der Waals surface area contributed by atoms with E-state index >= 15 is 0 Å². The summed E-state index contributed by atoms with van der Waals surface area (Å²) in [6, 6.07) is 3.78. The van der Waals surface area contributed by atoms with Crippen molar-refractivity contribution in [3.63, 3.8) is 0 Å². The molecule has 2 N–H and O–H groups in total. The fraction of sp³-hybridized carbons (Fsp3) is 0.357. The molecule has 0 atom stereocenters. The molecule has 0 aromatic heterocycles. The number of hydrogen-bond donors (Lipinski definition) is 2. The van der Waals surface area contributed by atoms with E-state index in [1.807, 2.05) is 0 Å². The molecule has 24 heavy (non-hydrogen) atoms. The van der Waals surface area contributed by atoms with E-state index in [-0.39, 0.29) is 5.69 Å². The number of benzene rings is 1. The van der Waals surface area contributed by atoms with E-state index < -0.39 is 42.0 Å². The predicted octanol–water partition coefficient (Wildman–Crippen LogP) is 1.85. The molecule has 1 fully saturated rings. The third kappa shape index (κ3) is 4.15. The molecular formula is C14H14F3N3O4. The number of urea groups is 1. The van der Waals surface area contributed by atoms with Gasteiger partial charge in [0.2, 0.25) is 5.91 Å². The van der Waals surface area contributed by atoms with Gasteiger partial charge in [0, 0.05) is 5.69 Å². The summed E-state index contributed by atoms with van der Waals surface area (Å²) >= 11 is 0. The highest BCUT2D eigenvalue weighted by Crippen LogP contribution is 2.24. The van der Waals surface area contributed by atoms with Crippen molar-refractivity contribution in [1.82, 2.24) is 10.2 Å². The molecule has 1 aromatic carbocycles. The molecule has 0 unspecified atom stereocenters. The number of rotatable bonds is 4. The third-order valence-electron chi connectivity index (χ3n) is 3.12. The molecule has 10 heteroatoms. The van der Waals surface area contributed by atoms with Crippen molar-refractivity contribution in [2.24, 2.45) is 0 Å². The Kier molecular flexibility index (Phi) is 4.41. The molecule has 2 rings (SSSR count). The lowest BCUT2D eigenvalue weighted by molar-refractivity contribution is -0.274. The molecule has 1 aliphatic heterocycles. The van der Waals surface area contributed by atoms with Crippen LogP contribution in [0.5, 0.6) is 5.75 Å². The predicted molar refractivity (Wildman–Crippen MR) is 76.1 cm³/mol. The van der Waals surface area contributed by atoms with Gasteiger partial charge < -0.3 is 15.4 Å². The van der Waals surface area contributed by atoms with E-state index in [0.717, 1.165) is 17.0 Å². The lowest BCUT2D eigenvalue weighted by atomic mass is 10.1. The van der Waals surface area contributed by atoms with E-state index in [0.29, 0.717) is 0 Å². The first-order chi connectivity index (χ1) is 11.0. The Morgan fingerprint density at radius 3 is 2.29 bits per heavy atom. The Labute approximate surface area is 134 Å². The average Bonchev–Trinajstić information content (AvgIpc) is 2.61. The molecule has 130 valence electrons. The van der Waals surface area contributed by atoms with Crippen LogP contribution >= 0.6 is 0 Å². The average molecular weight is 345 g/mol. The fourth-order valence-electron chi connectivity index (χ4n) is 2.05. The highest BCUT2D eigenvalue weighted by molar-refractivity contribution is 6.09. The van der Waals surface area contributed by atoms with Crippen molar-refractivity contribution in [3.8, 4) is 5.75 Å². The Morgan fingerprint density at radius 1 is 1.25 bits per heavy atom. The van der Waals surface area contributed by atoms with Crippen LogP contribution in [0.3, 0.4) is 0 Å². The molecule has 4 amide bonds. The van der Waals surface area contributed by atoms with Crippen molar-refractivity contribution in [3.05, 3.63) is 24.3 Å². The number of carbonyl (C=O) groups is 3. The Hall–Kier alpha value is -2.78. The van der Waals surface area contributed by atoms with Crippen LogP contribution in [-0.4, -0.2) is 41.2 Å². The molecular weight excluding hydrogens is 331 g/mol. The van der Waals surface area contributed by atoms with Gasteiger partial charge in [-0.1, -0.05) is 0 Å². The Balaban J connectivity index is 1.96. The zero-order valence-corrected chi connectivity index (χ0v) is 12.7. The topological polar surface area (TPSA) is 87.7 Å². The van der Waals surface area contributed by atoms with Gasteiger partial charge in [-0.15, -0.1) is 13.2 Å². The fourth-order valence-corrected chi connectivity index (χ4v) is 2.05. The third-order valence-corrected chi connectivity index (χ3v) is 3.12. The molecule has 1 heterocycles.